The summed E-state index contributed by atoms with van der Waals surface area (Å²) in [6.45, 7) is 7.65. The summed E-state index contributed by atoms with van der Waals surface area (Å²) in [4.78, 5) is 2.47. The molecule has 0 atom stereocenters. The lowest BCUT2D eigenvalue weighted by atomic mass is 9.82. The third-order valence-electron chi connectivity index (χ3n) is 12.2. The fraction of sp³-hybridized carbons (Fsp3) is 0.0909. The van der Waals surface area contributed by atoms with Gasteiger partial charge in [0.1, 0.15) is 0 Å². The minimum absolute atomic E-state index is 0.0639. The molecule has 1 aliphatic rings. The van der Waals surface area contributed by atoms with E-state index in [1.54, 1.807) is 0 Å². The first-order valence-electron chi connectivity index (χ1n) is 19.9. The number of thiophene rings is 1. The smallest absolute Gasteiger partial charge is 0.0640 e. The second-order valence-corrected chi connectivity index (χ2v) is 16.6. The Kier molecular flexibility index (Phi) is 8.55. The lowest BCUT2D eigenvalue weighted by Crippen LogP contribution is -2.24. The molecule has 10 aromatic rings. The van der Waals surface area contributed by atoms with Gasteiger partial charge >= 0.3 is 0 Å². The third kappa shape index (κ3) is 5.33. The molecule has 2 nitrogen and oxygen atoms in total. The van der Waals surface area contributed by atoms with E-state index in [0.29, 0.717) is 0 Å². The summed E-state index contributed by atoms with van der Waals surface area (Å²) in [5.74, 6) is 0. The first-order valence-corrected chi connectivity index (χ1v) is 20.8. The zero-order valence-electron chi connectivity index (χ0n) is 32.9. The van der Waals surface area contributed by atoms with Crippen molar-refractivity contribution in [1.29, 1.82) is 0 Å². The van der Waals surface area contributed by atoms with Crippen LogP contribution in [0, 0.1) is 12.8 Å². The van der Waals surface area contributed by atoms with Crippen molar-refractivity contribution in [3.8, 4) is 29.7 Å². The molecule has 0 saturated carbocycles. The van der Waals surface area contributed by atoms with Crippen LogP contribution < -0.4 is 14.7 Å². The fourth-order valence-electron chi connectivity index (χ4n) is 9.58. The highest BCUT2D eigenvalue weighted by molar-refractivity contribution is 7.17. The van der Waals surface area contributed by atoms with E-state index in [0.717, 1.165) is 6.54 Å². The molecule has 11 rings (SSSR count). The summed E-state index contributed by atoms with van der Waals surface area (Å²) in [5, 5.41) is 10.3. The van der Waals surface area contributed by atoms with Gasteiger partial charge in [-0.1, -0.05) is 141 Å². The van der Waals surface area contributed by atoms with Crippen LogP contribution in [-0.2, 0) is 5.41 Å². The lowest BCUT2D eigenvalue weighted by molar-refractivity contribution is 0.660. The van der Waals surface area contributed by atoms with E-state index in [2.05, 4.69) is 219 Å². The molecule has 278 valence electrons. The van der Waals surface area contributed by atoms with Gasteiger partial charge in [0.15, 0.2) is 0 Å². The van der Waals surface area contributed by atoms with Crippen LogP contribution in [0.3, 0.4) is 0 Å². The van der Waals surface area contributed by atoms with Crippen molar-refractivity contribution in [3.63, 3.8) is 0 Å². The highest BCUT2D eigenvalue weighted by atomic mass is 32.1. The van der Waals surface area contributed by atoms with Crippen LogP contribution in [0.1, 0.15) is 31.9 Å². The van der Waals surface area contributed by atoms with Crippen molar-refractivity contribution in [1.82, 2.24) is 4.57 Å². The maximum Gasteiger partial charge on any atom is 0.0640 e. The van der Waals surface area contributed by atoms with Gasteiger partial charge in [-0.15, -0.1) is 24.2 Å². The minimum Gasteiger partial charge on any atom is -0.338 e. The van der Waals surface area contributed by atoms with Crippen molar-refractivity contribution < 1.29 is 0 Å². The second kappa shape index (κ2) is 14.0. The zero-order chi connectivity index (χ0) is 39.5. The number of rotatable bonds is 5. The van der Waals surface area contributed by atoms with Gasteiger partial charge in [-0.3, -0.25) is 0 Å². The quantitative estimate of drug-likeness (QED) is 0.159. The van der Waals surface area contributed by atoms with E-state index in [1.807, 2.05) is 11.3 Å². The molecule has 0 saturated heterocycles. The van der Waals surface area contributed by atoms with Crippen molar-refractivity contribution in [2.75, 3.05) is 11.4 Å². The molecule has 0 spiro atoms. The van der Waals surface area contributed by atoms with E-state index < -0.39 is 0 Å². The van der Waals surface area contributed by atoms with Gasteiger partial charge in [0.25, 0.3) is 0 Å². The highest BCUT2D eigenvalue weighted by Gasteiger charge is 2.35. The average molecular weight is 763 g/mol. The van der Waals surface area contributed by atoms with Gasteiger partial charge in [0, 0.05) is 44.0 Å². The summed E-state index contributed by atoms with van der Waals surface area (Å²) in [6.07, 6.45) is 12.7. The summed E-state index contributed by atoms with van der Waals surface area (Å²) in [6, 6.07) is 60.5. The van der Waals surface area contributed by atoms with Gasteiger partial charge < -0.3 is 9.47 Å². The Labute approximate surface area is 343 Å². The van der Waals surface area contributed by atoms with Crippen molar-refractivity contribution in [2.24, 2.45) is 0 Å². The number of para-hydroxylation sites is 1. The lowest BCUT2D eigenvalue weighted by Gasteiger charge is -2.27. The standard InChI is InChI=1S/C53H40N2S.C2H2/c1-4-38-43-22-14-24-48(55-46-29-25-34-15-8-10-19-39(34)50(46)51-40-20-11-9-16-35(40)26-30-47(51)55)52(43)56-49(38)31-32-54(36-17-6-5-7-18-36)37-27-28-42-41-21-12-13-23-44(41)53(2,3)45(42)33-37;1-2/h4-31,33H,32H2,1-3H3;1-2H/b38-4-,49-31+;. The van der Waals surface area contributed by atoms with Crippen LogP contribution in [0.5, 0.6) is 0 Å². The first kappa shape index (κ1) is 35.5. The number of nitrogens with zero attached hydrogens (tertiary/aromatic N) is 2. The van der Waals surface area contributed by atoms with Gasteiger partial charge in [0.2, 0.25) is 0 Å². The van der Waals surface area contributed by atoms with E-state index in [-0.39, 0.29) is 5.41 Å². The van der Waals surface area contributed by atoms with Gasteiger partial charge in [-0.2, -0.15) is 0 Å². The average Bonchev–Trinajstić information content (AvgIpc) is 3.90. The predicted octanol–water partition coefficient (Wildman–Crippen LogP) is 13.3. The molecular weight excluding hydrogens is 721 g/mol. The van der Waals surface area contributed by atoms with E-state index in [1.165, 1.54) is 103 Å². The Balaban J connectivity index is 0.00000201. The third-order valence-corrected chi connectivity index (χ3v) is 13.5. The van der Waals surface area contributed by atoms with Gasteiger partial charge in [0.05, 0.1) is 21.4 Å². The maximum absolute atomic E-state index is 4.00. The zero-order valence-corrected chi connectivity index (χ0v) is 33.7. The molecule has 0 bridgehead atoms. The van der Waals surface area contributed by atoms with Crippen molar-refractivity contribution in [2.45, 2.75) is 26.2 Å². The Bertz CT molecular complexity index is 3290. The Morgan fingerprint density at radius 2 is 1.19 bits per heavy atom. The van der Waals surface area contributed by atoms with Gasteiger partial charge in [-0.05, 0) is 104 Å². The Hall–Kier alpha value is -6.86. The molecule has 0 radical (unpaired) electrons. The summed E-state index contributed by atoms with van der Waals surface area (Å²) >= 11 is 1.91. The monoisotopic (exact) mass is 762 g/mol. The SMILES string of the molecule is C#C.C/C=c1\c(=C/CN(c2ccccc2)c2ccc3c(c2)C(C)(C)c2ccccc2-3)sc2c(-n3c4ccc5ccccc5c4c4c5ccccc5ccc43)cccc12. The predicted molar refractivity (Wildman–Crippen MR) is 252 cm³/mol. The molecule has 0 amide bonds. The molecule has 58 heavy (non-hydrogen) atoms. The normalized spacial score (nSPS) is 13.6. The number of aromatic nitrogens is 1. The molecule has 0 aliphatic heterocycles. The number of benzene rings is 8. The van der Waals surface area contributed by atoms with Crippen LogP contribution in [0.25, 0.3) is 82.4 Å². The number of hydrogen-bond acceptors (Lipinski definition) is 2. The Morgan fingerprint density at radius 3 is 1.88 bits per heavy atom. The molecule has 0 unspecified atom stereocenters. The largest absolute Gasteiger partial charge is 0.338 e. The van der Waals surface area contributed by atoms with E-state index in [9.17, 15) is 0 Å². The summed E-state index contributed by atoms with van der Waals surface area (Å²) in [7, 11) is 0. The van der Waals surface area contributed by atoms with Crippen molar-refractivity contribution >= 4 is 88.3 Å². The highest BCUT2D eigenvalue weighted by Crippen LogP contribution is 2.50. The number of anilines is 2. The van der Waals surface area contributed by atoms with Crippen LogP contribution in [-0.4, -0.2) is 11.1 Å². The van der Waals surface area contributed by atoms with Crippen LogP contribution >= 0.6 is 11.3 Å². The minimum atomic E-state index is -0.0639. The molecule has 0 fully saturated rings. The molecule has 2 heterocycles. The number of terminal acetylenes is 1. The van der Waals surface area contributed by atoms with E-state index >= 15 is 0 Å². The number of fused-ring (bicyclic) bond motifs is 11. The fourth-order valence-corrected chi connectivity index (χ4v) is 10.8. The van der Waals surface area contributed by atoms with Crippen molar-refractivity contribution in [3.05, 3.63) is 185 Å². The Morgan fingerprint density at radius 1 is 0.586 bits per heavy atom. The van der Waals surface area contributed by atoms with Crippen LogP contribution in [0.15, 0.2) is 164 Å². The topological polar surface area (TPSA) is 8.17 Å². The van der Waals surface area contributed by atoms with Crippen LogP contribution in [0.2, 0.25) is 0 Å². The molecule has 1 aliphatic carbocycles. The second-order valence-electron chi connectivity index (χ2n) is 15.6. The molecule has 3 heteroatoms. The molecule has 8 aromatic carbocycles. The van der Waals surface area contributed by atoms with E-state index in [4.69, 9.17) is 0 Å². The first-order chi connectivity index (χ1) is 28.5. The molecule has 2 aromatic heterocycles. The molecular formula is C55H42N2S. The number of hydrogen-bond donors (Lipinski definition) is 0. The van der Waals surface area contributed by atoms with Crippen LogP contribution in [0.4, 0.5) is 11.4 Å². The summed E-state index contributed by atoms with van der Waals surface area (Å²) in [5.41, 5.74) is 11.5. The maximum atomic E-state index is 4.00. The van der Waals surface area contributed by atoms with Gasteiger partial charge in [-0.25, -0.2) is 0 Å². The summed E-state index contributed by atoms with van der Waals surface area (Å²) < 4.78 is 5.11. The molecule has 0 N–H and O–H groups in total.